The molecule has 5 rings (SSSR count). The van der Waals surface area contributed by atoms with Crippen LogP contribution in [0.5, 0.6) is 0 Å². The van der Waals surface area contributed by atoms with E-state index in [9.17, 15) is 14.4 Å². The summed E-state index contributed by atoms with van der Waals surface area (Å²) in [6, 6.07) is 6.18. The van der Waals surface area contributed by atoms with Gasteiger partial charge in [0.15, 0.2) is 5.52 Å². The third-order valence-corrected chi connectivity index (χ3v) is 6.50. The lowest BCUT2D eigenvalue weighted by Crippen LogP contribution is -2.51. The van der Waals surface area contributed by atoms with E-state index >= 15 is 0 Å². The lowest BCUT2D eigenvalue weighted by atomic mass is 9.89. The van der Waals surface area contributed by atoms with Crippen molar-refractivity contribution in [2.45, 2.75) is 51.4 Å². The molecule has 0 aliphatic heterocycles. The van der Waals surface area contributed by atoms with Crippen molar-refractivity contribution < 1.29 is 23.6 Å². The summed E-state index contributed by atoms with van der Waals surface area (Å²) in [4.78, 5) is 53.3. The van der Waals surface area contributed by atoms with Crippen molar-refractivity contribution in [3.8, 4) is 5.82 Å². The van der Waals surface area contributed by atoms with E-state index in [1.165, 1.54) is 35.1 Å². The first-order valence-corrected chi connectivity index (χ1v) is 12.9. The zero-order chi connectivity index (χ0) is 29.3. The van der Waals surface area contributed by atoms with Gasteiger partial charge < -0.3 is 24.6 Å². The van der Waals surface area contributed by atoms with Crippen molar-refractivity contribution >= 4 is 40.2 Å². The van der Waals surface area contributed by atoms with E-state index in [-0.39, 0.29) is 46.1 Å². The van der Waals surface area contributed by atoms with E-state index in [0.717, 1.165) is 12.8 Å². The minimum Gasteiger partial charge on any atom is -0.443 e. The standard InChI is InChI=1S/C27H30N8O6/c1-27(2,3)40-26(38)34(4)17-13-19(30-16-7-6-12-35(25(16)37)20-10-11-28-14-29-20)32-22-21(17)33-41-23(22)24(36)31-15-8-9-18(15)39-5/h6-7,10-15,18H,8-9H2,1-5H3,(H,30,32)(H,31,36)/t15-,18-/m1/s1. The molecule has 4 heterocycles. The Kier molecular flexibility index (Phi) is 7.41. The second kappa shape index (κ2) is 11.0. The average Bonchev–Trinajstić information content (AvgIpc) is 3.35. The van der Waals surface area contributed by atoms with E-state index in [0.29, 0.717) is 5.82 Å². The molecule has 4 aromatic rings. The summed E-state index contributed by atoms with van der Waals surface area (Å²) in [6.07, 6.45) is 5.28. The van der Waals surface area contributed by atoms with Gasteiger partial charge in [0.2, 0.25) is 5.76 Å². The number of carbonyl (C=O) groups excluding carboxylic acids is 2. The fourth-order valence-corrected chi connectivity index (χ4v) is 4.29. The molecule has 14 heteroatoms. The third-order valence-electron chi connectivity index (χ3n) is 6.50. The normalized spacial score (nSPS) is 16.6. The predicted octanol–water partition coefficient (Wildman–Crippen LogP) is 3.19. The van der Waals surface area contributed by atoms with Crippen LogP contribution in [0.25, 0.3) is 16.9 Å². The summed E-state index contributed by atoms with van der Waals surface area (Å²) in [7, 11) is 3.09. The van der Waals surface area contributed by atoms with Crippen LogP contribution in [0.1, 0.15) is 44.2 Å². The van der Waals surface area contributed by atoms with Crippen LogP contribution in [0.15, 0.2) is 52.3 Å². The number of carbonyl (C=O) groups is 2. The lowest BCUT2D eigenvalue weighted by molar-refractivity contribution is 0.00677. The maximum absolute atomic E-state index is 13.3. The molecule has 1 aliphatic rings. The second-order valence-electron chi connectivity index (χ2n) is 10.5. The summed E-state index contributed by atoms with van der Waals surface area (Å²) < 4.78 is 17.7. The van der Waals surface area contributed by atoms with Gasteiger partial charge in [-0.25, -0.2) is 19.7 Å². The zero-order valence-corrected chi connectivity index (χ0v) is 23.2. The van der Waals surface area contributed by atoms with Crippen LogP contribution in [-0.4, -0.2) is 68.6 Å². The molecular weight excluding hydrogens is 532 g/mol. The largest absolute Gasteiger partial charge is 0.443 e. The molecule has 214 valence electrons. The van der Waals surface area contributed by atoms with Gasteiger partial charge >= 0.3 is 6.09 Å². The van der Waals surface area contributed by atoms with Gasteiger partial charge in [-0.3, -0.25) is 19.1 Å². The van der Waals surface area contributed by atoms with Crippen molar-refractivity contribution in [1.29, 1.82) is 0 Å². The van der Waals surface area contributed by atoms with E-state index in [4.69, 9.17) is 14.0 Å². The fraction of sp³-hybridized carbons (Fsp3) is 0.370. The van der Waals surface area contributed by atoms with Gasteiger partial charge in [0.25, 0.3) is 11.5 Å². The maximum Gasteiger partial charge on any atom is 0.414 e. The maximum atomic E-state index is 13.3. The average molecular weight is 563 g/mol. The first-order valence-electron chi connectivity index (χ1n) is 12.9. The molecule has 1 aliphatic carbocycles. The molecular formula is C27H30N8O6. The number of hydrogen-bond donors (Lipinski definition) is 2. The molecule has 14 nitrogen and oxygen atoms in total. The highest BCUT2D eigenvalue weighted by Crippen LogP contribution is 2.32. The van der Waals surface area contributed by atoms with Crippen LogP contribution in [-0.2, 0) is 9.47 Å². The van der Waals surface area contributed by atoms with E-state index in [2.05, 4.69) is 30.7 Å². The number of ether oxygens (including phenoxy) is 2. The van der Waals surface area contributed by atoms with Crippen LogP contribution >= 0.6 is 0 Å². The lowest BCUT2D eigenvalue weighted by Gasteiger charge is -2.35. The molecule has 41 heavy (non-hydrogen) atoms. The molecule has 2 amide bonds. The van der Waals surface area contributed by atoms with Gasteiger partial charge in [0, 0.05) is 32.6 Å². The monoisotopic (exact) mass is 562 g/mol. The van der Waals surface area contributed by atoms with Crippen molar-refractivity contribution in [2.24, 2.45) is 0 Å². The Balaban J connectivity index is 1.56. The van der Waals surface area contributed by atoms with E-state index in [1.54, 1.807) is 52.3 Å². The zero-order valence-electron chi connectivity index (χ0n) is 23.2. The summed E-state index contributed by atoms with van der Waals surface area (Å²) in [6.45, 7) is 5.24. The van der Waals surface area contributed by atoms with Gasteiger partial charge in [-0.2, -0.15) is 0 Å². The summed E-state index contributed by atoms with van der Waals surface area (Å²) in [5.41, 5.74) is -0.488. The molecule has 2 atom stereocenters. The molecule has 0 radical (unpaired) electrons. The predicted molar refractivity (Wildman–Crippen MR) is 149 cm³/mol. The summed E-state index contributed by atoms with van der Waals surface area (Å²) >= 11 is 0. The van der Waals surface area contributed by atoms with Crippen molar-refractivity contribution in [3.63, 3.8) is 0 Å². The number of amides is 2. The smallest absolute Gasteiger partial charge is 0.414 e. The second-order valence-corrected chi connectivity index (χ2v) is 10.5. The van der Waals surface area contributed by atoms with Gasteiger partial charge in [0.05, 0.1) is 17.8 Å². The van der Waals surface area contributed by atoms with E-state index < -0.39 is 23.2 Å². The molecule has 0 spiro atoms. The number of anilines is 3. The topological polar surface area (TPSA) is 167 Å². The first-order chi connectivity index (χ1) is 19.6. The minimum atomic E-state index is -0.760. The molecule has 2 N–H and O–H groups in total. The Morgan fingerprint density at radius 2 is 2.00 bits per heavy atom. The molecule has 0 aromatic carbocycles. The fourth-order valence-electron chi connectivity index (χ4n) is 4.29. The molecule has 1 saturated carbocycles. The number of aromatic nitrogens is 5. The summed E-state index contributed by atoms with van der Waals surface area (Å²) in [5, 5.41) is 9.96. The molecule has 1 fully saturated rings. The Labute approximate surface area is 234 Å². The number of nitrogens with zero attached hydrogens (tertiary/aromatic N) is 6. The highest BCUT2D eigenvalue weighted by atomic mass is 16.6. The SMILES string of the molecule is CO[C@@H]1CC[C@H]1NC(=O)c1onc2c(N(C)C(=O)OC(C)(C)C)cc(Nc3cccn(-c4ccncn4)c3=O)nc12. The summed E-state index contributed by atoms with van der Waals surface area (Å²) in [5.74, 6) is -0.127. The van der Waals surface area contributed by atoms with E-state index in [1.807, 2.05) is 0 Å². The van der Waals surface area contributed by atoms with Gasteiger partial charge in [-0.05, 0) is 51.8 Å². The number of nitrogens with one attached hydrogen (secondary N) is 2. The van der Waals surface area contributed by atoms with Crippen LogP contribution < -0.4 is 21.1 Å². The van der Waals surface area contributed by atoms with Gasteiger partial charge in [-0.1, -0.05) is 5.16 Å². The van der Waals surface area contributed by atoms with Crippen molar-refractivity contribution in [3.05, 3.63) is 59.1 Å². The first kappa shape index (κ1) is 27.7. The van der Waals surface area contributed by atoms with Gasteiger partial charge in [-0.15, -0.1) is 0 Å². The Morgan fingerprint density at radius 1 is 1.20 bits per heavy atom. The van der Waals surface area contributed by atoms with Crippen LogP contribution in [0.3, 0.4) is 0 Å². The van der Waals surface area contributed by atoms with Crippen molar-refractivity contribution in [1.82, 2.24) is 30.0 Å². The van der Waals surface area contributed by atoms with Crippen LogP contribution in [0.2, 0.25) is 0 Å². The van der Waals surface area contributed by atoms with Crippen LogP contribution in [0.4, 0.5) is 22.0 Å². The number of hydrogen-bond acceptors (Lipinski definition) is 11. The number of pyridine rings is 2. The Bertz CT molecular complexity index is 1640. The minimum absolute atomic E-state index is 0.0951. The Morgan fingerprint density at radius 3 is 2.66 bits per heavy atom. The quantitative estimate of drug-likeness (QED) is 0.339. The number of fused-ring (bicyclic) bond motifs is 1. The highest BCUT2D eigenvalue weighted by molar-refractivity contribution is 6.07. The number of methoxy groups -OCH3 is 1. The Hall–Kier alpha value is -4.85. The van der Waals surface area contributed by atoms with Gasteiger partial charge in [0.1, 0.15) is 34.8 Å². The van der Waals surface area contributed by atoms with Crippen LogP contribution in [0, 0.1) is 0 Å². The highest BCUT2D eigenvalue weighted by Gasteiger charge is 2.34. The number of rotatable bonds is 7. The molecule has 0 unspecified atom stereocenters. The van der Waals surface area contributed by atoms with Crippen molar-refractivity contribution in [2.75, 3.05) is 24.4 Å². The molecule has 4 aromatic heterocycles. The third kappa shape index (κ3) is 5.72. The molecule has 0 bridgehead atoms. The molecule has 0 saturated heterocycles.